The number of nitrogens with one attached hydrogen (secondary N) is 1. The lowest BCUT2D eigenvalue weighted by Gasteiger charge is -2.17. The van der Waals surface area contributed by atoms with E-state index in [0.29, 0.717) is 23.0 Å². The highest BCUT2D eigenvalue weighted by Gasteiger charge is 2.33. The Kier molecular flexibility index (Phi) is 5.15. The van der Waals surface area contributed by atoms with Gasteiger partial charge in [-0.15, -0.1) is 13.2 Å². The highest BCUT2D eigenvalue weighted by atomic mass is 19.4. The van der Waals surface area contributed by atoms with Crippen LogP contribution in [-0.2, 0) is 0 Å². The molecule has 9 heteroatoms. The van der Waals surface area contributed by atoms with Gasteiger partial charge < -0.3 is 15.0 Å². The number of anilines is 2. The number of aromatic nitrogens is 2. The summed E-state index contributed by atoms with van der Waals surface area (Å²) in [7, 11) is 3.55. The Bertz CT molecular complexity index is 768. The number of amides is 1. The predicted molar refractivity (Wildman–Crippen MR) is 86.9 cm³/mol. The number of hydrogen-bond donors (Lipinski definition) is 1. The Morgan fingerprint density at radius 1 is 1.12 bits per heavy atom. The van der Waals surface area contributed by atoms with Crippen LogP contribution in [0.4, 0.5) is 24.8 Å². The quantitative estimate of drug-likeness (QED) is 0.912. The van der Waals surface area contributed by atoms with E-state index in [1.165, 1.54) is 18.2 Å². The minimum atomic E-state index is -4.89. The Balaban J connectivity index is 2.32. The molecule has 0 saturated heterocycles. The molecule has 2 aromatic rings. The van der Waals surface area contributed by atoms with E-state index in [1.54, 1.807) is 32.8 Å². The van der Waals surface area contributed by atoms with Crippen molar-refractivity contribution in [3.63, 3.8) is 0 Å². The van der Waals surface area contributed by atoms with Crippen LogP contribution in [0.1, 0.15) is 21.7 Å². The molecule has 25 heavy (non-hydrogen) atoms. The van der Waals surface area contributed by atoms with E-state index in [9.17, 15) is 18.0 Å². The number of carbonyl (C=O) groups excluding carboxylic acids is 1. The number of carbonyl (C=O) groups is 1. The van der Waals surface area contributed by atoms with Gasteiger partial charge in [0.2, 0.25) is 5.95 Å². The fourth-order valence-corrected chi connectivity index (χ4v) is 2.13. The van der Waals surface area contributed by atoms with E-state index >= 15 is 0 Å². The summed E-state index contributed by atoms with van der Waals surface area (Å²) in [6, 6.07) is 5.12. The van der Waals surface area contributed by atoms with Crippen molar-refractivity contribution in [1.82, 2.24) is 9.97 Å². The van der Waals surface area contributed by atoms with Crippen LogP contribution in [0, 0.1) is 13.8 Å². The minimum absolute atomic E-state index is 0.240. The molecule has 134 valence electrons. The number of ether oxygens (including phenoxy) is 1. The summed E-state index contributed by atoms with van der Waals surface area (Å²) < 4.78 is 41.3. The monoisotopic (exact) mass is 354 g/mol. The first kappa shape index (κ1) is 18.5. The number of halogens is 3. The van der Waals surface area contributed by atoms with Gasteiger partial charge in [0.25, 0.3) is 5.91 Å². The Morgan fingerprint density at radius 3 is 2.20 bits per heavy atom. The molecule has 0 saturated carbocycles. The van der Waals surface area contributed by atoms with Gasteiger partial charge in [0.15, 0.2) is 0 Å². The van der Waals surface area contributed by atoms with E-state index in [2.05, 4.69) is 20.0 Å². The van der Waals surface area contributed by atoms with Crippen LogP contribution in [0.3, 0.4) is 0 Å². The molecule has 0 aliphatic rings. The van der Waals surface area contributed by atoms with Crippen LogP contribution in [0.2, 0.25) is 0 Å². The molecule has 0 bridgehead atoms. The minimum Gasteiger partial charge on any atom is -0.405 e. The normalized spacial score (nSPS) is 11.2. The number of benzene rings is 1. The van der Waals surface area contributed by atoms with Gasteiger partial charge in [-0.3, -0.25) is 4.79 Å². The molecule has 6 nitrogen and oxygen atoms in total. The summed E-state index contributed by atoms with van der Waals surface area (Å²) in [5, 5.41) is 2.56. The average Bonchev–Trinajstić information content (AvgIpc) is 2.49. The third-order valence-corrected chi connectivity index (χ3v) is 3.25. The van der Waals surface area contributed by atoms with E-state index in [4.69, 9.17) is 0 Å². The molecule has 0 atom stereocenters. The summed E-state index contributed by atoms with van der Waals surface area (Å²) in [5.74, 6) is -0.852. The Labute approximate surface area is 142 Å². The van der Waals surface area contributed by atoms with E-state index < -0.39 is 18.0 Å². The zero-order valence-corrected chi connectivity index (χ0v) is 14.1. The number of alkyl halides is 3. The number of hydrogen-bond acceptors (Lipinski definition) is 5. The van der Waals surface area contributed by atoms with E-state index in [1.807, 2.05) is 0 Å². The zero-order chi connectivity index (χ0) is 18.8. The highest BCUT2D eigenvalue weighted by molar-refractivity contribution is 6.06. The summed E-state index contributed by atoms with van der Waals surface area (Å²) >= 11 is 0. The molecule has 1 heterocycles. The predicted octanol–water partition coefficient (Wildman–Crippen LogP) is 3.31. The molecule has 1 N–H and O–H groups in total. The zero-order valence-electron chi connectivity index (χ0n) is 14.1. The molecular weight excluding hydrogens is 337 g/mol. The van der Waals surface area contributed by atoms with Crippen LogP contribution in [-0.4, -0.2) is 36.3 Å². The second-order valence-electron chi connectivity index (χ2n) is 5.46. The molecule has 0 aliphatic carbocycles. The van der Waals surface area contributed by atoms with Crippen molar-refractivity contribution in [1.29, 1.82) is 0 Å². The van der Waals surface area contributed by atoms with E-state index in [0.717, 1.165) is 6.07 Å². The van der Waals surface area contributed by atoms with Gasteiger partial charge in [-0.25, -0.2) is 9.97 Å². The van der Waals surface area contributed by atoms with Gasteiger partial charge in [-0.05, 0) is 26.0 Å². The third kappa shape index (κ3) is 4.59. The second kappa shape index (κ2) is 6.96. The summed E-state index contributed by atoms with van der Waals surface area (Å²) in [6.07, 6.45) is -4.89. The largest absolute Gasteiger partial charge is 0.573 e. The molecular formula is C16H17F3N4O2. The molecule has 0 aliphatic heterocycles. The van der Waals surface area contributed by atoms with Crippen LogP contribution in [0.15, 0.2) is 24.3 Å². The number of para-hydroxylation sites is 1. The van der Waals surface area contributed by atoms with Gasteiger partial charge in [0, 0.05) is 14.1 Å². The number of rotatable bonds is 4. The first-order chi connectivity index (χ1) is 11.6. The van der Waals surface area contributed by atoms with Crippen molar-refractivity contribution in [2.45, 2.75) is 20.2 Å². The van der Waals surface area contributed by atoms with E-state index in [-0.39, 0.29) is 5.56 Å². The van der Waals surface area contributed by atoms with Crippen molar-refractivity contribution in [2.75, 3.05) is 24.3 Å². The van der Waals surface area contributed by atoms with Crippen molar-refractivity contribution in [2.24, 2.45) is 0 Å². The second-order valence-corrected chi connectivity index (χ2v) is 5.46. The lowest BCUT2D eigenvalue weighted by atomic mass is 10.1. The lowest BCUT2D eigenvalue weighted by molar-refractivity contribution is -0.274. The van der Waals surface area contributed by atoms with Crippen molar-refractivity contribution < 1.29 is 22.7 Å². The molecule has 1 aromatic carbocycles. The number of aryl methyl sites for hydroxylation is 2. The Morgan fingerprint density at radius 2 is 1.68 bits per heavy atom. The maximum atomic E-state index is 12.5. The molecule has 1 amide bonds. The fourth-order valence-electron chi connectivity index (χ4n) is 2.13. The van der Waals surface area contributed by atoms with Crippen molar-refractivity contribution in [3.05, 3.63) is 41.2 Å². The van der Waals surface area contributed by atoms with Crippen LogP contribution >= 0.6 is 0 Å². The molecule has 0 radical (unpaired) electrons. The third-order valence-electron chi connectivity index (χ3n) is 3.25. The van der Waals surface area contributed by atoms with Gasteiger partial charge in [-0.1, -0.05) is 12.1 Å². The first-order valence-corrected chi connectivity index (χ1v) is 7.27. The van der Waals surface area contributed by atoms with Gasteiger partial charge in [0.1, 0.15) is 5.75 Å². The highest BCUT2D eigenvalue weighted by Crippen LogP contribution is 2.28. The van der Waals surface area contributed by atoms with Crippen molar-refractivity contribution in [3.8, 4) is 5.75 Å². The topological polar surface area (TPSA) is 67.4 Å². The molecule has 0 spiro atoms. The maximum absolute atomic E-state index is 12.5. The maximum Gasteiger partial charge on any atom is 0.573 e. The van der Waals surface area contributed by atoms with Gasteiger partial charge >= 0.3 is 6.36 Å². The lowest BCUT2D eigenvalue weighted by Crippen LogP contribution is -2.22. The summed E-state index contributed by atoms with van der Waals surface area (Å²) in [4.78, 5) is 22.6. The molecule has 0 unspecified atom stereocenters. The average molecular weight is 354 g/mol. The SMILES string of the molecule is Cc1nc(N(C)C)nc(C)c1NC(=O)c1ccccc1OC(F)(F)F. The van der Waals surface area contributed by atoms with Gasteiger partial charge in [0.05, 0.1) is 22.6 Å². The Hall–Kier alpha value is -2.84. The van der Waals surface area contributed by atoms with Gasteiger partial charge in [-0.2, -0.15) is 0 Å². The van der Waals surface area contributed by atoms with Crippen molar-refractivity contribution >= 4 is 17.5 Å². The molecule has 1 aromatic heterocycles. The standard InChI is InChI=1S/C16H17F3N4O2/c1-9-13(10(2)21-15(20-9)23(3)4)22-14(24)11-7-5-6-8-12(11)25-16(17,18)19/h5-8H,1-4H3,(H,22,24). The van der Waals surface area contributed by atoms with Crippen LogP contribution in [0.25, 0.3) is 0 Å². The molecule has 0 fully saturated rings. The first-order valence-electron chi connectivity index (χ1n) is 7.27. The summed E-state index contributed by atoms with van der Waals surface area (Å²) in [5.41, 5.74) is 1.10. The molecule has 2 rings (SSSR count). The summed E-state index contributed by atoms with van der Waals surface area (Å²) in [6.45, 7) is 3.35. The van der Waals surface area contributed by atoms with Crippen LogP contribution < -0.4 is 15.0 Å². The number of nitrogens with zero attached hydrogens (tertiary/aromatic N) is 3. The van der Waals surface area contributed by atoms with Crippen LogP contribution in [0.5, 0.6) is 5.75 Å². The smallest absolute Gasteiger partial charge is 0.405 e. The fraction of sp³-hybridized carbons (Fsp3) is 0.312.